The van der Waals surface area contributed by atoms with Crippen molar-refractivity contribution in [1.82, 2.24) is 4.90 Å². The van der Waals surface area contributed by atoms with Gasteiger partial charge in [0.2, 0.25) is 0 Å². The Morgan fingerprint density at radius 1 is 1.35 bits per heavy atom. The maximum atomic E-state index is 12.6. The summed E-state index contributed by atoms with van der Waals surface area (Å²) in [5.41, 5.74) is 1.82. The highest BCUT2D eigenvalue weighted by Gasteiger charge is 2.29. The largest absolute Gasteiger partial charge is 0.345 e. The van der Waals surface area contributed by atoms with E-state index in [0.717, 1.165) is 24.8 Å². The van der Waals surface area contributed by atoms with Gasteiger partial charge in [0, 0.05) is 19.0 Å². The molecule has 0 saturated heterocycles. The highest BCUT2D eigenvalue weighted by molar-refractivity contribution is 7.17. The molecular weight excluding hydrogens is 328 g/mol. The molecule has 0 bridgehead atoms. The van der Waals surface area contributed by atoms with E-state index in [9.17, 15) is 9.59 Å². The topological polar surface area (TPSA) is 49.4 Å². The van der Waals surface area contributed by atoms with E-state index in [1.807, 2.05) is 11.4 Å². The molecule has 23 heavy (non-hydrogen) atoms. The molecule has 0 spiro atoms. The Bertz CT molecular complexity index is 732. The molecule has 0 aliphatic heterocycles. The minimum absolute atomic E-state index is 0.0291. The average molecular weight is 348 g/mol. The standard InChI is InChI=1S/C17H20N2O2S2/c1-10-6-7-11-13(9-10)23-16(14(11)17(21)19(2)3)18-15(20)12-5-4-8-22-12/h4-5,8,10H,6-7,9H2,1-3H3,(H,18,20)/t10-/m0/s1. The van der Waals surface area contributed by atoms with Crippen LogP contribution in [0.4, 0.5) is 5.00 Å². The molecule has 122 valence electrons. The van der Waals surface area contributed by atoms with E-state index < -0.39 is 0 Å². The fourth-order valence-electron chi connectivity index (χ4n) is 2.86. The molecular formula is C17H20N2O2S2. The number of hydrogen-bond donors (Lipinski definition) is 1. The van der Waals surface area contributed by atoms with E-state index in [1.165, 1.54) is 16.2 Å². The third-order valence-corrected chi connectivity index (χ3v) is 6.14. The zero-order valence-corrected chi connectivity index (χ0v) is 15.1. The van der Waals surface area contributed by atoms with Gasteiger partial charge >= 0.3 is 0 Å². The SMILES string of the molecule is C[C@H]1CCc2c(sc(NC(=O)c3cccs3)c2C(=O)N(C)C)C1. The Morgan fingerprint density at radius 3 is 2.78 bits per heavy atom. The number of rotatable bonds is 3. The van der Waals surface area contributed by atoms with Crippen LogP contribution in [0.3, 0.4) is 0 Å². The fraction of sp³-hybridized carbons (Fsp3) is 0.412. The van der Waals surface area contributed by atoms with Crippen LogP contribution in [0.1, 0.15) is 43.8 Å². The molecule has 0 radical (unpaired) electrons. The van der Waals surface area contributed by atoms with E-state index in [4.69, 9.17) is 0 Å². The number of carbonyl (C=O) groups excluding carboxylic acids is 2. The van der Waals surface area contributed by atoms with Crippen LogP contribution in [0.25, 0.3) is 0 Å². The maximum Gasteiger partial charge on any atom is 0.266 e. The van der Waals surface area contributed by atoms with Crippen LogP contribution in [-0.4, -0.2) is 30.8 Å². The number of amides is 2. The summed E-state index contributed by atoms with van der Waals surface area (Å²) in [5.74, 6) is 0.460. The summed E-state index contributed by atoms with van der Waals surface area (Å²) in [7, 11) is 3.51. The molecule has 1 N–H and O–H groups in total. The van der Waals surface area contributed by atoms with Crippen LogP contribution in [-0.2, 0) is 12.8 Å². The lowest BCUT2D eigenvalue weighted by molar-refractivity contribution is 0.0827. The summed E-state index contributed by atoms with van der Waals surface area (Å²) >= 11 is 2.97. The molecule has 2 aromatic rings. The van der Waals surface area contributed by atoms with Crippen molar-refractivity contribution >= 4 is 39.5 Å². The number of carbonyl (C=O) groups is 2. The third kappa shape index (κ3) is 3.19. The van der Waals surface area contributed by atoms with E-state index in [1.54, 1.807) is 36.4 Å². The fourth-order valence-corrected chi connectivity index (χ4v) is 4.88. The van der Waals surface area contributed by atoms with Crippen molar-refractivity contribution in [3.63, 3.8) is 0 Å². The van der Waals surface area contributed by atoms with Gasteiger partial charge in [-0.3, -0.25) is 9.59 Å². The second-order valence-electron chi connectivity index (χ2n) is 6.19. The molecule has 0 fully saturated rings. The Balaban J connectivity index is 1.98. The zero-order chi connectivity index (χ0) is 16.6. The summed E-state index contributed by atoms with van der Waals surface area (Å²) in [6.07, 6.45) is 3.00. The van der Waals surface area contributed by atoms with E-state index in [0.29, 0.717) is 21.4 Å². The van der Waals surface area contributed by atoms with Crippen LogP contribution in [0.5, 0.6) is 0 Å². The third-order valence-electron chi connectivity index (χ3n) is 4.10. The minimum atomic E-state index is -0.139. The molecule has 0 unspecified atom stereocenters. The van der Waals surface area contributed by atoms with Gasteiger partial charge in [-0.2, -0.15) is 0 Å². The monoisotopic (exact) mass is 348 g/mol. The maximum absolute atomic E-state index is 12.6. The van der Waals surface area contributed by atoms with Crippen molar-refractivity contribution in [2.75, 3.05) is 19.4 Å². The molecule has 0 saturated carbocycles. The highest BCUT2D eigenvalue weighted by atomic mass is 32.1. The lowest BCUT2D eigenvalue weighted by Crippen LogP contribution is -2.25. The zero-order valence-electron chi connectivity index (χ0n) is 13.5. The van der Waals surface area contributed by atoms with Crippen LogP contribution in [0.15, 0.2) is 17.5 Å². The molecule has 2 heterocycles. The lowest BCUT2D eigenvalue weighted by Gasteiger charge is -2.19. The Labute approximate surface area is 144 Å². The molecule has 6 heteroatoms. The van der Waals surface area contributed by atoms with Gasteiger partial charge in [-0.15, -0.1) is 22.7 Å². The van der Waals surface area contributed by atoms with Crippen molar-refractivity contribution in [1.29, 1.82) is 0 Å². The molecule has 4 nitrogen and oxygen atoms in total. The van der Waals surface area contributed by atoms with Gasteiger partial charge in [0.25, 0.3) is 11.8 Å². The van der Waals surface area contributed by atoms with Gasteiger partial charge in [-0.25, -0.2) is 0 Å². The Hall–Kier alpha value is -1.66. The van der Waals surface area contributed by atoms with Crippen molar-refractivity contribution in [3.05, 3.63) is 38.4 Å². The first-order chi connectivity index (χ1) is 11.0. The molecule has 1 atom stereocenters. The number of thiophene rings is 2. The molecule has 2 amide bonds. The first kappa shape index (κ1) is 16.2. The van der Waals surface area contributed by atoms with Gasteiger partial charge in [0.15, 0.2) is 0 Å². The number of fused-ring (bicyclic) bond motifs is 1. The van der Waals surface area contributed by atoms with Crippen LogP contribution in [0.2, 0.25) is 0 Å². The van der Waals surface area contributed by atoms with Gasteiger partial charge in [0.1, 0.15) is 5.00 Å². The van der Waals surface area contributed by atoms with Crippen molar-refractivity contribution in [2.24, 2.45) is 5.92 Å². The second kappa shape index (κ2) is 6.45. The first-order valence-corrected chi connectivity index (χ1v) is 9.38. The van der Waals surface area contributed by atoms with Gasteiger partial charge < -0.3 is 10.2 Å². The van der Waals surface area contributed by atoms with Crippen molar-refractivity contribution in [3.8, 4) is 0 Å². The number of hydrogen-bond acceptors (Lipinski definition) is 4. The summed E-state index contributed by atoms with van der Waals surface area (Å²) in [4.78, 5) is 28.5. The first-order valence-electron chi connectivity index (χ1n) is 7.68. The molecule has 2 aromatic heterocycles. The van der Waals surface area contributed by atoms with Crippen molar-refractivity contribution < 1.29 is 9.59 Å². The number of anilines is 1. The van der Waals surface area contributed by atoms with Crippen LogP contribution >= 0.6 is 22.7 Å². The summed E-state index contributed by atoms with van der Waals surface area (Å²) < 4.78 is 0. The molecule has 1 aliphatic carbocycles. The summed E-state index contributed by atoms with van der Waals surface area (Å²) in [6.45, 7) is 2.24. The lowest BCUT2D eigenvalue weighted by atomic mass is 9.88. The molecule has 1 aliphatic rings. The summed E-state index contributed by atoms with van der Waals surface area (Å²) in [5, 5.41) is 5.54. The minimum Gasteiger partial charge on any atom is -0.345 e. The predicted molar refractivity (Wildman–Crippen MR) is 95.8 cm³/mol. The van der Waals surface area contributed by atoms with E-state index in [2.05, 4.69) is 12.2 Å². The smallest absolute Gasteiger partial charge is 0.266 e. The summed E-state index contributed by atoms with van der Waals surface area (Å²) in [6, 6.07) is 3.65. The normalized spacial score (nSPS) is 16.7. The molecule has 0 aromatic carbocycles. The van der Waals surface area contributed by atoms with Crippen molar-refractivity contribution in [2.45, 2.75) is 26.2 Å². The average Bonchev–Trinajstić information content (AvgIpc) is 3.13. The number of nitrogens with one attached hydrogen (secondary N) is 1. The number of nitrogens with zero attached hydrogens (tertiary/aromatic N) is 1. The Morgan fingerprint density at radius 2 is 2.13 bits per heavy atom. The molecule has 3 rings (SSSR count). The van der Waals surface area contributed by atoms with E-state index >= 15 is 0 Å². The highest BCUT2D eigenvalue weighted by Crippen LogP contribution is 2.40. The van der Waals surface area contributed by atoms with Crippen LogP contribution < -0.4 is 5.32 Å². The quantitative estimate of drug-likeness (QED) is 0.915. The van der Waals surface area contributed by atoms with E-state index in [-0.39, 0.29) is 11.8 Å². The van der Waals surface area contributed by atoms with Gasteiger partial charge in [-0.1, -0.05) is 13.0 Å². The van der Waals surface area contributed by atoms with Crippen LogP contribution in [0, 0.1) is 5.92 Å². The van der Waals surface area contributed by atoms with Gasteiger partial charge in [0.05, 0.1) is 10.4 Å². The Kier molecular flexibility index (Phi) is 4.55. The van der Waals surface area contributed by atoms with Gasteiger partial charge in [-0.05, 0) is 42.2 Å². The predicted octanol–water partition coefficient (Wildman–Crippen LogP) is 3.89. The second-order valence-corrected chi connectivity index (χ2v) is 8.24.